The van der Waals surface area contributed by atoms with E-state index < -0.39 is 5.97 Å². The molecule has 130 valence electrons. The minimum atomic E-state index is -0.490. The standard InChI is InChI=1S/C21H17NO4/c1-2-25-21(24)19-13-15-12-16(8-9-18(15)26-19)22-11-10-17(20(22)23)14-6-4-3-5-7-14/h3-10,12-13H,2,11H2,1H3. The Hall–Kier alpha value is -3.34. The number of nitrogens with zero attached hydrogens (tertiary/aromatic N) is 1. The topological polar surface area (TPSA) is 59.8 Å². The maximum Gasteiger partial charge on any atom is 0.374 e. The van der Waals surface area contributed by atoms with E-state index >= 15 is 0 Å². The van der Waals surface area contributed by atoms with E-state index in [2.05, 4.69) is 0 Å². The van der Waals surface area contributed by atoms with Gasteiger partial charge in [0.1, 0.15) is 5.58 Å². The molecular weight excluding hydrogens is 330 g/mol. The van der Waals surface area contributed by atoms with Crippen LogP contribution in [-0.4, -0.2) is 25.0 Å². The van der Waals surface area contributed by atoms with Crippen LogP contribution in [-0.2, 0) is 9.53 Å². The lowest BCUT2D eigenvalue weighted by Crippen LogP contribution is -2.26. The highest BCUT2D eigenvalue weighted by atomic mass is 16.5. The van der Waals surface area contributed by atoms with Crippen LogP contribution in [0, 0.1) is 0 Å². The smallest absolute Gasteiger partial charge is 0.374 e. The maximum atomic E-state index is 12.8. The summed E-state index contributed by atoms with van der Waals surface area (Å²) in [7, 11) is 0. The summed E-state index contributed by atoms with van der Waals surface area (Å²) < 4.78 is 10.5. The number of furan rings is 1. The summed E-state index contributed by atoms with van der Waals surface area (Å²) in [5.74, 6) is -0.366. The fraction of sp³-hybridized carbons (Fsp3) is 0.143. The fourth-order valence-corrected chi connectivity index (χ4v) is 3.08. The first kappa shape index (κ1) is 16.1. The third-order valence-corrected chi connectivity index (χ3v) is 4.33. The van der Waals surface area contributed by atoms with Crippen LogP contribution in [0.4, 0.5) is 5.69 Å². The molecule has 0 saturated heterocycles. The first-order valence-corrected chi connectivity index (χ1v) is 8.45. The molecule has 2 aromatic carbocycles. The predicted octanol–water partition coefficient (Wildman–Crippen LogP) is 4.04. The van der Waals surface area contributed by atoms with E-state index in [1.165, 1.54) is 0 Å². The lowest BCUT2D eigenvalue weighted by Gasteiger charge is -2.16. The minimum Gasteiger partial charge on any atom is -0.460 e. The number of carbonyl (C=O) groups is 2. The lowest BCUT2D eigenvalue weighted by atomic mass is 10.1. The molecular formula is C21H17NO4. The summed E-state index contributed by atoms with van der Waals surface area (Å²) in [5, 5.41) is 0.756. The molecule has 0 radical (unpaired) electrons. The third kappa shape index (κ3) is 2.77. The molecule has 1 aliphatic rings. The normalized spacial score (nSPS) is 14.0. The number of esters is 1. The van der Waals surface area contributed by atoms with E-state index in [0.717, 1.165) is 16.6 Å². The average molecular weight is 347 g/mol. The number of anilines is 1. The molecule has 26 heavy (non-hydrogen) atoms. The second-order valence-electron chi connectivity index (χ2n) is 5.95. The van der Waals surface area contributed by atoms with Crippen molar-refractivity contribution in [2.24, 2.45) is 0 Å². The Kier molecular flexibility index (Phi) is 4.05. The molecule has 0 bridgehead atoms. The fourth-order valence-electron chi connectivity index (χ4n) is 3.08. The third-order valence-electron chi connectivity index (χ3n) is 4.33. The summed E-state index contributed by atoms with van der Waals surface area (Å²) in [6.07, 6.45) is 1.93. The van der Waals surface area contributed by atoms with Crippen molar-refractivity contribution in [2.75, 3.05) is 18.1 Å². The van der Waals surface area contributed by atoms with E-state index in [4.69, 9.17) is 9.15 Å². The molecule has 4 rings (SSSR count). The van der Waals surface area contributed by atoms with Crippen molar-refractivity contribution >= 4 is 34.1 Å². The van der Waals surface area contributed by atoms with E-state index in [1.807, 2.05) is 48.5 Å². The first-order valence-electron chi connectivity index (χ1n) is 8.45. The van der Waals surface area contributed by atoms with Gasteiger partial charge in [0, 0.05) is 23.2 Å². The molecule has 2 heterocycles. The van der Waals surface area contributed by atoms with Crippen molar-refractivity contribution < 1.29 is 18.7 Å². The van der Waals surface area contributed by atoms with Gasteiger partial charge in [-0.05, 0) is 36.8 Å². The highest BCUT2D eigenvalue weighted by molar-refractivity contribution is 6.28. The van der Waals surface area contributed by atoms with E-state index in [1.54, 1.807) is 24.0 Å². The molecule has 0 unspecified atom stereocenters. The van der Waals surface area contributed by atoms with Crippen molar-refractivity contribution in [3.8, 4) is 0 Å². The van der Waals surface area contributed by atoms with Gasteiger partial charge in [-0.3, -0.25) is 4.79 Å². The Balaban J connectivity index is 1.62. The maximum absolute atomic E-state index is 12.8. The van der Waals surface area contributed by atoms with Gasteiger partial charge in [0.05, 0.1) is 6.61 Å². The summed E-state index contributed by atoms with van der Waals surface area (Å²) in [6.45, 7) is 2.55. The van der Waals surface area contributed by atoms with Gasteiger partial charge in [-0.2, -0.15) is 0 Å². The van der Waals surface area contributed by atoms with Crippen LogP contribution in [0.3, 0.4) is 0 Å². The molecule has 1 amide bonds. The number of fused-ring (bicyclic) bond motifs is 1. The number of amides is 1. The number of hydrogen-bond acceptors (Lipinski definition) is 4. The molecule has 0 atom stereocenters. The van der Waals surface area contributed by atoms with Crippen molar-refractivity contribution in [1.82, 2.24) is 0 Å². The average Bonchev–Trinajstić information content (AvgIpc) is 3.25. The molecule has 0 aliphatic carbocycles. The number of carbonyl (C=O) groups excluding carboxylic acids is 2. The molecule has 5 heteroatoms. The first-order chi connectivity index (χ1) is 12.7. The van der Waals surface area contributed by atoms with Crippen molar-refractivity contribution in [3.05, 3.63) is 72.0 Å². The van der Waals surface area contributed by atoms with Gasteiger partial charge >= 0.3 is 5.97 Å². The van der Waals surface area contributed by atoms with E-state index in [-0.39, 0.29) is 18.3 Å². The molecule has 0 saturated carbocycles. The summed E-state index contributed by atoms with van der Waals surface area (Å²) in [5.41, 5.74) is 2.96. The van der Waals surface area contributed by atoms with Crippen LogP contribution in [0.15, 0.2) is 65.1 Å². The zero-order valence-electron chi connectivity index (χ0n) is 14.3. The van der Waals surface area contributed by atoms with Gasteiger partial charge in [0.2, 0.25) is 5.76 Å². The molecule has 3 aromatic rings. The van der Waals surface area contributed by atoms with Crippen molar-refractivity contribution in [1.29, 1.82) is 0 Å². The predicted molar refractivity (Wildman–Crippen MR) is 98.9 cm³/mol. The number of hydrogen-bond donors (Lipinski definition) is 0. The molecule has 1 aliphatic heterocycles. The Bertz CT molecular complexity index is 1020. The molecule has 0 N–H and O–H groups in total. The van der Waals surface area contributed by atoms with E-state index in [0.29, 0.717) is 17.7 Å². The van der Waals surface area contributed by atoms with Gasteiger partial charge < -0.3 is 14.1 Å². The number of rotatable bonds is 4. The monoisotopic (exact) mass is 347 g/mol. The quantitative estimate of drug-likeness (QED) is 0.668. The molecule has 5 nitrogen and oxygen atoms in total. The van der Waals surface area contributed by atoms with Gasteiger partial charge in [-0.1, -0.05) is 36.4 Å². The minimum absolute atomic E-state index is 0.0374. The summed E-state index contributed by atoms with van der Waals surface area (Å²) >= 11 is 0. The van der Waals surface area contributed by atoms with E-state index in [9.17, 15) is 9.59 Å². The zero-order chi connectivity index (χ0) is 18.1. The van der Waals surface area contributed by atoms with Crippen LogP contribution in [0.1, 0.15) is 23.0 Å². The Morgan fingerprint density at radius 2 is 1.96 bits per heavy atom. The van der Waals surface area contributed by atoms with Crippen LogP contribution < -0.4 is 4.90 Å². The molecule has 1 aromatic heterocycles. The van der Waals surface area contributed by atoms with Crippen LogP contribution in [0.25, 0.3) is 16.5 Å². The summed E-state index contributed by atoms with van der Waals surface area (Å²) in [4.78, 5) is 26.3. The van der Waals surface area contributed by atoms with Crippen molar-refractivity contribution in [3.63, 3.8) is 0 Å². The van der Waals surface area contributed by atoms with Gasteiger partial charge in [0.25, 0.3) is 5.91 Å². The lowest BCUT2D eigenvalue weighted by molar-refractivity contribution is -0.112. The van der Waals surface area contributed by atoms with Crippen LogP contribution >= 0.6 is 0 Å². The number of ether oxygens (including phenoxy) is 1. The SMILES string of the molecule is CCOC(=O)c1cc2cc(N3CC=C(c4ccccc4)C3=O)ccc2o1. The Labute approximate surface area is 150 Å². The summed E-state index contributed by atoms with van der Waals surface area (Å²) in [6, 6.07) is 16.7. The molecule has 0 spiro atoms. The molecule has 0 fully saturated rings. The van der Waals surface area contributed by atoms with Gasteiger partial charge in [0.15, 0.2) is 0 Å². The van der Waals surface area contributed by atoms with Crippen molar-refractivity contribution in [2.45, 2.75) is 6.92 Å². The highest BCUT2D eigenvalue weighted by Crippen LogP contribution is 2.30. The number of benzene rings is 2. The van der Waals surface area contributed by atoms with Crippen LogP contribution in [0.5, 0.6) is 0 Å². The highest BCUT2D eigenvalue weighted by Gasteiger charge is 2.26. The second-order valence-corrected chi connectivity index (χ2v) is 5.95. The Morgan fingerprint density at radius 3 is 2.73 bits per heavy atom. The second kappa shape index (κ2) is 6.52. The Morgan fingerprint density at radius 1 is 1.15 bits per heavy atom. The van der Waals surface area contributed by atoms with Gasteiger partial charge in [-0.15, -0.1) is 0 Å². The zero-order valence-corrected chi connectivity index (χ0v) is 14.3. The largest absolute Gasteiger partial charge is 0.460 e. The van der Waals surface area contributed by atoms with Gasteiger partial charge in [-0.25, -0.2) is 4.79 Å². The van der Waals surface area contributed by atoms with Crippen LogP contribution in [0.2, 0.25) is 0 Å².